The Hall–Kier alpha value is -1.02. The van der Waals surface area contributed by atoms with Gasteiger partial charge in [0.1, 0.15) is 0 Å². The van der Waals surface area contributed by atoms with Crippen LogP contribution >= 0.6 is 0 Å². The highest BCUT2D eigenvalue weighted by atomic mass is 15.1. The van der Waals surface area contributed by atoms with Gasteiger partial charge in [0, 0.05) is 19.3 Å². The zero-order valence-electron chi connectivity index (χ0n) is 14.9. The Morgan fingerprint density at radius 3 is 2.10 bits per heavy atom. The van der Waals surface area contributed by atoms with Crippen molar-refractivity contribution in [3.63, 3.8) is 0 Å². The van der Waals surface area contributed by atoms with Gasteiger partial charge in [-0.25, -0.2) is 0 Å². The second-order valence-corrected chi connectivity index (χ2v) is 7.55. The fraction of sp³-hybridized carbons (Fsp3) is 0.684. The minimum atomic E-state index is 0.359. The molecule has 0 radical (unpaired) electrons. The van der Waals surface area contributed by atoms with E-state index in [1.807, 2.05) is 0 Å². The fourth-order valence-corrected chi connectivity index (χ4v) is 3.09. The van der Waals surface area contributed by atoms with Gasteiger partial charge in [0.25, 0.3) is 0 Å². The van der Waals surface area contributed by atoms with Crippen LogP contribution in [-0.2, 0) is 0 Å². The Kier molecular flexibility index (Phi) is 6.73. The van der Waals surface area contributed by atoms with Gasteiger partial charge < -0.3 is 10.6 Å². The topological polar surface area (TPSA) is 29.3 Å². The van der Waals surface area contributed by atoms with Gasteiger partial charge in [-0.2, -0.15) is 0 Å². The van der Waals surface area contributed by atoms with Gasteiger partial charge in [-0.3, -0.25) is 0 Å². The van der Waals surface area contributed by atoms with Gasteiger partial charge in [0.05, 0.1) is 0 Å². The molecule has 2 N–H and O–H groups in total. The molecule has 1 rings (SSSR count). The summed E-state index contributed by atoms with van der Waals surface area (Å²) in [6.07, 6.45) is 3.62. The van der Waals surface area contributed by atoms with Crippen molar-refractivity contribution < 1.29 is 0 Å². The summed E-state index contributed by atoms with van der Waals surface area (Å²) in [5.74, 6) is 0.718. The lowest BCUT2D eigenvalue weighted by Gasteiger charge is -2.31. The summed E-state index contributed by atoms with van der Waals surface area (Å²) in [7, 11) is 2.20. The highest BCUT2D eigenvalue weighted by Crippen LogP contribution is 2.32. The molecule has 0 amide bonds. The molecule has 21 heavy (non-hydrogen) atoms. The van der Waals surface area contributed by atoms with E-state index in [2.05, 4.69) is 64.8 Å². The summed E-state index contributed by atoms with van der Waals surface area (Å²) in [6.45, 7) is 13.3. The minimum Gasteiger partial charge on any atom is -0.375 e. The Bertz CT molecular complexity index is 411. The molecule has 0 saturated carbocycles. The van der Waals surface area contributed by atoms with Crippen LogP contribution in [0.1, 0.15) is 51.2 Å². The van der Waals surface area contributed by atoms with Crippen LogP contribution in [0.25, 0.3) is 0 Å². The number of hydrogen-bond acceptors (Lipinski definition) is 2. The van der Waals surface area contributed by atoms with E-state index in [-0.39, 0.29) is 0 Å². The summed E-state index contributed by atoms with van der Waals surface area (Å²) in [5.41, 5.74) is 10.1. The number of nitrogens with zero attached hydrogens (tertiary/aromatic N) is 1. The molecular weight excluding hydrogens is 256 g/mol. The van der Waals surface area contributed by atoms with E-state index < -0.39 is 0 Å². The molecular formula is C19H34N2. The molecule has 1 aromatic carbocycles. The van der Waals surface area contributed by atoms with Gasteiger partial charge in [0.15, 0.2) is 0 Å². The van der Waals surface area contributed by atoms with E-state index in [4.69, 9.17) is 5.73 Å². The number of aryl methyl sites for hydroxylation is 2. The van der Waals surface area contributed by atoms with E-state index in [9.17, 15) is 0 Å². The van der Waals surface area contributed by atoms with Crippen LogP contribution in [0.3, 0.4) is 0 Å². The summed E-state index contributed by atoms with van der Waals surface area (Å²) in [5, 5.41) is 0. The van der Waals surface area contributed by atoms with Crippen LogP contribution in [-0.4, -0.2) is 20.1 Å². The van der Waals surface area contributed by atoms with Crippen LogP contribution in [0, 0.1) is 25.2 Å². The van der Waals surface area contributed by atoms with Crippen LogP contribution in [0.2, 0.25) is 0 Å². The Morgan fingerprint density at radius 2 is 1.62 bits per heavy atom. The van der Waals surface area contributed by atoms with Crippen molar-refractivity contribution in [2.24, 2.45) is 17.1 Å². The molecule has 0 spiro atoms. The van der Waals surface area contributed by atoms with E-state index in [1.165, 1.54) is 29.7 Å². The van der Waals surface area contributed by atoms with Crippen molar-refractivity contribution in [1.29, 1.82) is 0 Å². The Morgan fingerprint density at radius 1 is 1.05 bits per heavy atom. The van der Waals surface area contributed by atoms with Crippen molar-refractivity contribution in [3.05, 3.63) is 29.3 Å². The number of anilines is 1. The van der Waals surface area contributed by atoms with Crippen LogP contribution < -0.4 is 10.6 Å². The van der Waals surface area contributed by atoms with Gasteiger partial charge in [-0.1, -0.05) is 26.8 Å². The largest absolute Gasteiger partial charge is 0.375 e. The standard InChI is InChI=1S/C19H34N2/c1-15-12-16(2)14-18(13-15)21(6)11-7-8-17(9-10-20)19(3,4)5/h12-14,17H,7-11,20H2,1-6H3. The molecule has 0 saturated heterocycles. The normalized spacial score (nSPS) is 13.3. The first-order valence-electron chi connectivity index (χ1n) is 8.23. The highest BCUT2D eigenvalue weighted by Gasteiger charge is 2.23. The zero-order valence-corrected chi connectivity index (χ0v) is 14.9. The number of hydrogen-bond donors (Lipinski definition) is 1. The minimum absolute atomic E-state index is 0.359. The highest BCUT2D eigenvalue weighted by molar-refractivity contribution is 5.50. The van der Waals surface area contributed by atoms with Crippen molar-refractivity contribution in [3.8, 4) is 0 Å². The molecule has 2 heteroatoms. The SMILES string of the molecule is Cc1cc(C)cc(N(C)CCCC(CCN)C(C)(C)C)c1. The lowest BCUT2D eigenvalue weighted by Crippen LogP contribution is -2.25. The molecule has 0 aromatic heterocycles. The number of nitrogens with two attached hydrogens (primary N) is 1. The molecule has 120 valence electrons. The lowest BCUT2D eigenvalue weighted by molar-refractivity contribution is 0.211. The molecule has 0 heterocycles. The maximum atomic E-state index is 5.77. The number of benzene rings is 1. The molecule has 0 aliphatic rings. The van der Waals surface area contributed by atoms with Crippen LogP contribution in [0.5, 0.6) is 0 Å². The maximum Gasteiger partial charge on any atom is 0.0368 e. The van der Waals surface area contributed by atoms with E-state index in [1.54, 1.807) is 0 Å². The molecule has 1 atom stereocenters. The van der Waals surface area contributed by atoms with Crippen molar-refractivity contribution >= 4 is 5.69 Å². The third kappa shape index (κ3) is 6.09. The molecule has 0 aliphatic heterocycles. The first-order valence-corrected chi connectivity index (χ1v) is 8.23. The second-order valence-electron chi connectivity index (χ2n) is 7.55. The van der Waals surface area contributed by atoms with Gasteiger partial charge in [-0.15, -0.1) is 0 Å². The fourth-order valence-electron chi connectivity index (χ4n) is 3.09. The van der Waals surface area contributed by atoms with Gasteiger partial charge in [0.2, 0.25) is 0 Å². The summed E-state index contributed by atoms with van der Waals surface area (Å²) in [4.78, 5) is 2.38. The third-order valence-corrected chi connectivity index (χ3v) is 4.43. The van der Waals surface area contributed by atoms with Crippen molar-refractivity contribution in [1.82, 2.24) is 0 Å². The molecule has 1 unspecified atom stereocenters. The summed E-state index contributed by atoms with van der Waals surface area (Å²) in [6, 6.07) is 6.77. The third-order valence-electron chi connectivity index (χ3n) is 4.43. The van der Waals surface area contributed by atoms with Crippen LogP contribution in [0.15, 0.2) is 18.2 Å². The zero-order chi connectivity index (χ0) is 16.0. The molecule has 0 fully saturated rings. The quantitative estimate of drug-likeness (QED) is 0.799. The van der Waals surface area contributed by atoms with Gasteiger partial charge in [-0.05, 0) is 74.2 Å². The van der Waals surface area contributed by atoms with Crippen molar-refractivity contribution in [2.75, 3.05) is 25.0 Å². The number of rotatable bonds is 7. The van der Waals surface area contributed by atoms with Crippen LogP contribution in [0.4, 0.5) is 5.69 Å². The Balaban J connectivity index is 2.54. The van der Waals surface area contributed by atoms with E-state index >= 15 is 0 Å². The Labute approximate surface area is 131 Å². The average molecular weight is 290 g/mol. The predicted molar refractivity (Wildman–Crippen MR) is 95.0 cm³/mol. The van der Waals surface area contributed by atoms with Crippen molar-refractivity contribution in [2.45, 2.75) is 53.9 Å². The predicted octanol–water partition coefficient (Wildman–Crippen LogP) is 4.53. The summed E-state index contributed by atoms with van der Waals surface area (Å²) >= 11 is 0. The molecule has 0 bridgehead atoms. The lowest BCUT2D eigenvalue weighted by atomic mass is 9.76. The average Bonchev–Trinajstić information content (AvgIpc) is 2.35. The molecule has 2 nitrogen and oxygen atoms in total. The van der Waals surface area contributed by atoms with E-state index in [0.29, 0.717) is 5.41 Å². The second kappa shape index (κ2) is 7.84. The monoisotopic (exact) mass is 290 g/mol. The first kappa shape index (κ1) is 18.0. The molecule has 0 aliphatic carbocycles. The summed E-state index contributed by atoms with van der Waals surface area (Å²) < 4.78 is 0. The first-order chi connectivity index (χ1) is 9.74. The smallest absolute Gasteiger partial charge is 0.0368 e. The van der Waals surface area contributed by atoms with Gasteiger partial charge >= 0.3 is 0 Å². The maximum absolute atomic E-state index is 5.77. The molecule has 1 aromatic rings. The van der Waals surface area contributed by atoms with E-state index in [0.717, 1.165) is 25.4 Å².